The normalized spacial score (nSPS) is 14.4. The van der Waals surface area contributed by atoms with E-state index in [1.807, 2.05) is 17.2 Å². The van der Waals surface area contributed by atoms with Crippen molar-refractivity contribution >= 4 is 23.4 Å². The average Bonchev–Trinajstić information content (AvgIpc) is 2.67. The molecule has 1 aliphatic rings. The molecule has 1 amide bonds. The number of nitrogens with zero attached hydrogens (tertiary/aromatic N) is 2. The Morgan fingerprint density at radius 2 is 1.85 bits per heavy atom. The molecule has 0 aliphatic carbocycles. The Balaban J connectivity index is 1.87. The maximum Gasteiger partial charge on any atom is 0.289 e. The van der Waals surface area contributed by atoms with E-state index in [1.54, 1.807) is 42.5 Å². The van der Waals surface area contributed by atoms with Crippen LogP contribution in [0.4, 0.5) is 11.4 Å². The van der Waals surface area contributed by atoms with E-state index in [2.05, 4.69) is 5.32 Å². The zero-order valence-electron chi connectivity index (χ0n) is 14.1. The summed E-state index contributed by atoms with van der Waals surface area (Å²) in [7, 11) is 0. The highest BCUT2D eigenvalue weighted by atomic mass is 16.6. The van der Waals surface area contributed by atoms with Gasteiger partial charge in [-0.1, -0.05) is 24.3 Å². The van der Waals surface area contributed by atoms with E-state index < -0.39 is 10.8 Å². The fourth-order valence-corrected chi connectivity index (χ4v) is 2.72. The number of carbonyl (C=O) groups is 1. The van der Waals surface area contributed by atoms with Gasteiger partial charge in [-0.25, -0.2) is 0 Å². The molecule has 0 spiro atoms. The van der Waals surface area contributed by atoms with Gasteiger partial charge in [-0.3, -0.25) is 14.9 Å². The smallest absolute Gasteiger partial charge is 0.289 e. The molecule has 2 aromatic rings. The fourth-order valence-electron chi connectivity index (χ4n) is 2.72. The van der Waals surface area contributed by atoms with Crippen LogP contribution in [-0.4, -0.2) is 42.0 Å². The molecule has 7 heteroatoms. The number of ether oxygens (including phenoxy) is 1. The van der Waals surface area contributed by atoms with Crippen molar-refractivity contribution in [1.82, 2.24) is 4.90 Å². The topological polar surface area (TPSA) is 84.7 Å². The molecular formula is C19H19N3O4. The van der Waals surface area contributed by atoms with E-state index in [0.717, 1.165) is 13.1 Å². The second kappa shape index (κ2) is 8.26. The van der Waals surface area contributed by atoms with Crippen LogP contribution in [0.1, 0.15) is 15.9 Å². The Morgan fingerprint density at radius 3 is 2.54 bits per heavy atom. The number of hydrogen-bond donors (Lipinski definition) is 1. The molecule has 1 saturated heterocycles. The predicted octanol–water partition coefficient (Wildman–Crippen LogP) is 3.15. The number of rotatable bonds is 5. The number of nitrogens with one attached hydrogen (secondary N) is 1. The van der Waals surface area contributed by atoms with Crippen molar-refractivity contribution in [2.24, 2.45) is 0 Å². The minimum absolute atomic E-state index is 0.0305. The third kappa shape index (κ3) is 4.25. The zero-order chi connectivity index (χ0) is 18.4. The maximum absolute atomic E-state index is 12.5. The van der Waals surface area contributed by atoms with E-state index in [9.17, 15) is 14.9 Å². The Labute approximate surface area is 151 Å². The molecule has 0 saturated carbocycles. The molecular weight excluding hydrogens is 334 g/mol. The van der Waals surface area contributed by atoms with Crippen LogP contribution in [0.15, 0.2) is 54.7 Å². The summed E-state index contributed by atoms with van der Waals surface area (Å²) in [6, 6.07) is 13.6. The van der Waals surface area contributed by atoms with Gasteiger partial charge < -0.3 is 15.0 Å². The molecule has 1 heterocycles. The van der Waals surface area contributed by atoms with Crippen LogP contribution in [0.3, 0.4) is 0 Å². The summed E-state index contributed by atoms with van der Waals surface area (Å²) in [5.74, 6) is -0.510. The lowest BCUT2D eigenvalue weighted by Gasteiger charge is -2.24. The van der Waals surface area contributed by atoms with Crippen LogP contribution < -0.4 is 5.32 Å². The highest BCUT2D eigenvalue weighted by Crippen LogP contribution is 2.26. The van der Waals surface area contributed by atoms with Gasteiger partial charge in [0, 0.05) is 25.0 Å². The second-order valence-corrected chi connectivity index (χ2v) is 5.78. The van der Waals surface area contributed by atoms with E-state index in [-0.39, 0.29) is 11.3 Å². The number of nitro groups is 1. The predicted molar refractivity (Wildman–Crippen MR) is 98.9 cm³/mol. The number of nitro benzene ring substituents is 1. The van der Waals surface area contributed by atoms with Crippen LogP contribution in [0, 0.1) is 10.1 Å². The van der Waals surface area contributed by atoms with E-state index >= 15 is 0 Å². The van der Waals surface area contributed by atoms with Gasteiger partial charge in [0.15, 0.2) is 0 Å². The number of benzene rings is 2. The summed E-state index contributed by atoms with van der Waals surface area (Å²) in [5, 5.41) is 14.3. The lowest BCUT2D eigenvalue weighted by atomic mass is 10.1. The molecule has 1 aliphatic heterocycles. The molecule has 0 atom stereocenters. The van der Waals surface area contributed by atoms with Crippen LogP contribution in [0.25, 0.3) is 6.08 Å². The summed E-state index contributed by atoms with van der Waals surface area (Å²) in [4.78, 5) is 25.7. The molecule has 26 heavy (non-hydrogen) atoms. The summed E-state index contributed by atoms with van der Waals surface area (Å²) < 4.78 is 5.28. The molecule has 0 radical (unpaired) electrons. The third-order valence-corrected chi connectivity index (χ3v) is 4.04. The van der Waals surface area contributed by atoms with E-state index in [1.165, 1.54) is 6.07 Å². The molecule has 1 N–H and O–H groups in total. The largest absolute Gasteiger partial charge is 0.378 e. The first-order chi connectivity index (χ1) is 12.6. The SMILES string of the molecule is O=C(Nc1ccccc1)c1cccc(/C=C/N2CCOCC2)c1[N+](=O)[O-]. The lowest BCUT2D eigenvalue weighted by molar-refractivity contribution is -0.385. The van der Waals surface area contributed by atoms with E-state index in [4.69, 9.17) is 4.74 Å². The summed E-state index contributed by atoms with van der Waals surface area (Å²) >= 11 is 0. The minimum Gasteiger partial charge on any atom is -0.378 e. The van der Waals surface area contributed by atoms with Crippen molar-refractivity contribution in [3.8, 4) is 0 Å². The molecule has 7 nitrogen and oxygen atoms in total. The van der Waals surface area contributed by atoms with Gasteiger partial charge in [0.25, 0.3) is 11.6 Å². The Bertz CT molecular complexity index is 815. The van der Waals surface area contributed by atoms with Gasteiger partial charge in [-0.2, -0.15) is 0 Å². The van der Waals surface area contributed by atoms with Gasteiger partial charge in [-0.15, -0.1) is 0 Å². The van der Waals surface area contributed by atoms with Gasteiger partial charge in [0.05, 0.1) is 23.7 Å². The first kappa shape index (κ1) is 17.6. The molecule has 3 rings (SSSR count). The van der Waals surface area contributed by atoms with Crippen LogP contribution >= 0.6 is 0 Å². The highest BCUT2D eigenvalue weighted by molar-refractivity contribution is 6.07. The number of anilines is 1. The lowest BCUT2D eigenvalue weighted by Crippen LogP contribution is -2.31. The number of para-hydroxylation sites is 2. The van der Waals surface area contributed by atoms with Crippen molar-refractivity contribution in [2.75, 3.05) is 31.6 Å². The first-order valence-electron chi connectivity index (χ1n) is 8.29. The summed E-state index contributed by atoms with van der Waals surface area (Å²) in [6.45, 7) is 2.73. The number of amides is 1. The van der Waals surface area contributed by atoms with Crippen molar-refractivity contribution in [1.29, 1.82) is 0 Å². The molecule has 0 aromatic heterocycles. The van der Waals surface area contributed by atoms with Crippen molar-refractivity contribution in [2.45, 2.75) is 0 Å². The van der Waals surface area contributed by atoms with Gasteiger partial charge in [0.1, 0.15) is 5.56 Å². The standard InChI is InChI=1S/C19H19N3O4/c23-19(20-16-6-2-1-3-7-16)17-8-4-5-15(18(17)22(24)25)9-10-21-11-13-26-14-12-21/h1-10H,11-14H2,(H,20,23)/b10-9+. The number of morpholine rings is 1. The van der Waals surface area contributed by atoms with Crippen LogP contribution in [0.2, 0.25) is 0 Å². The van der Waals surface area contributed by atoms with E-state index in [0.29, 0.717) is 24.5 Å². The molecule has 2 aromatic carbocycles. The van der Waals surface area contributed by atoms with Gasteiger partial charge in [-0.05, 0) is 30.3 Å². The average molecular weight is 353 g/mol. The molecule has 0 unspecified atom stereocenters. The Hall–Kier alpha value is -3.19. The van der Waals surface area contributed by atoms with Gasteiger partial charge in [0.2, 0.25) is 0 Å². The molecule has 0 bridgehead atoms. The molecule has 134 valence electrons. The fraction of sp³-hybridized carbons (Fsp3) is 0.211. The molecule has 1 fully saturated rings. The second-order valence-electron chi connectivity index (χ2n) is 5.78. The number of carbonyl (C=O) groups excluding carboxylic acids is 1. The highest BCUT2D eigenvalue weighted by Gasteiger charge is 2.23. The van der Waals surface area contributed by atoms with Crippen molar-refractivity contribution < 1.29 is 14.5 Å². The van der Waals surface area contributed by atoms with Crippen molar-refractivity contribution in [3.05, 3.63) is 76.0 Å². The van der Waals surface area contributed by atoms with Gasteiger partial charge >= 0.3 is 0 Å². The third-order valence-electron chi connectivity index (χ3n) is 4.04. The Kier molecular flexibility index (Phi) is 5.60. The first-order valence-corrected chi connectivity index (χ1v) is 8.29. The Morgan fingerprint density at radius 1 is 1.12 bits per heavy atom. The zero-order valence-corrected chi connectivity index (χ0v) is 14.1. The van der Waals surface area contributed by atoms with Crippen LogP contribution in [-0.2, 0) is 4.74 Å². The minimum atomic E-state index is -0.515. The number of hydrogen-bond acceptors (Lipinski definition) is 5. The quantitative estimate of drug-likeness (QED) is 0.659. The van der Waals surface area contributed by atoms with Crippen molar-refractivity contribution in [3.63, 3.8) is 0 Å². The monoisotopic (exact) mass is 353 g/mol. The summed E-state index contributed by atoms with van der Waals surface area (Å²) in [5.41, 5.74) is 0.802. The van der Waals surface area contributed by atoms with Crippen LogP contribution in [0.5, 0.6) is 0 Å². The summed E-state index contributed by atoms with van der Waals surface area (Å²) in [6.07, 6.45) is 3.48. The maximum atomic E-state index is 12.5.